The molecule has 24 heavy (non-hydrogen) atoms. The molecule has 1 aliphatic heterocycles. The van der Waals surface area contributed by atoms with Gasteiger partial charge in [-0.25, -0.2) is 4.79 Å². The van der Waals surface area contributed by atoms with E-state index in [0.717, 1.165) is 17.6 Å². The number of rotatable bonds is 3. The number of hydrogen-bond acceptors (Lipinski definition) is 5. The molecule has 0 saturated carbocycles. The molecule has 2 N–H and O–H groups in total. The van der Waals surface area contributed by atoms with Crippen molar-refractivity contribution >= 4 is 23.8 Å². The zero-order valence-corrected chi connectivity index (χ0v) is 14.8. The van der Waals surface area contributed by atoms with Crippen LogP contribution in [0.15, 0.2) is 41.1 Å². The number of nitrogens with zero attached hydrogens (tertiary/aromatic N) is 1. The molecule has 1 heterocycles. The number of aldehydes is 1. The Morgan fingerprint density at radius 1 is 1.25 bits per heavy atom. The Hall–Kier alpha value is -2.63. The van der Waals surface area contributed by atoms with Crippen LogP contribution in [0.2, 0.25) is 0 Å². The summed E-state index contributed by atoms with van der Waals surface area (Å²) in [5.74, 6) is 0. The largest absolute Gasteiger partial charge is 0.444 e. The average molecular weight is 331 g/mol. The molecule has 0 bridgehead atoms. The number of carbonyl (C=O) groups excluding carboxylic acids is 2. The molecule has 0 atom stereocenters. The molecule has 2 rings (SSSR count). The first kappa shape index (κ1) is 19.4. The Bertz CT molecular complexity index is 626. The number of amides is 1. The predicted molar refractivity (Wildman–Crippen MR) is 96.1 cm³/mol. The summed E-state index contributed by atoms with van der Waals surface area (Å²) in [7, 11) is 0. The van der Waals surface area contributed by atoms with E-state index in [1.165, 1.54) is 0 Å². The molecule has 0 unspecified atom stereocenters. The lowest BCUT2D eigenvalue weighted by Gasteiger charge is -2.19. The standard InChI is InChI=1S/C16H19N3O3.C2H6/c1-16(2,3)22-15(21)17-12-6-4-11(5-7-12)14-9-8-13(10-20)18-19-14;1-2/h4-8,10,18H,9H2,1-3H3,(H,17,21);1-2H3. The fourth-order valence-electron chi connectivity index (χ4n) is 1.85. The van der Waals surface area contributed by atoms with Crippen LogP contribution in [-0.2, 0) is 9.53 Å². The number of allylic oxidation sites excluding steroid dienone is 2. The van der Waals surface area contributed by atoms with Gasteiger partial charge in [0.15, 0.2) is 6.29 Å². The zero-order valence-electron chi connectivity index (χ0n) is 14.8. The van der Waals surface area contributed by atoms with Crippen LogP contribution in [0.1, 0.15) is 46.6 Å². The van der Waals surface area contributed by atoms with Crippen LogP contribution >= 0.6 is 0 Å². The summed E-state index contributed by atoms with van der Waals surface area (Å²) in [4.78, 5) is 22.3. The second-order valence-corrected chi connectivity index (χ2v) is 5.86. The molecule has 1 aliphatic rings. The van der Waals surface area contributed by atoms with E-state index in [1.807, 2.05) is 46.8 Å². The van der Waals surface area contributed by atoms with Gasteiger partial charge >= 0.3 is 6.09 Å². The Kier molecular flexibility index (Phi) is 7.17. The van der Waals surface area contributed by atoms with Crippen LogP contribution in [0.5, 0.6) is 0 Å². The molecule has 0 aliphatic carbocycles. The van der Waals surface area contributed by atoms with Crippen molar-refractivity contribution in [3.8, 4) is 0 Å². The van der Waals surface area contributed by atoms with Crippen molar-refractivity contribution < 1.29 is 14.3 Å². The van der Waals surface area contributed by atoms with E-state index in [-0.39, 0.29) is 0 Å². The van der Waals surface area contributed by atoms with Gasteiger partial charge in [-0.3, -0.25) is 15.5 Å². The Balaban J connectivity index is 0.00000139. The van der Waals surface area contributed by atoms with Crippen molar-refractivity contribution in [1.82, 2.24) is 5.43 Å². The number of carbonyl (C=O) groups is 2. The number of ether oxygens (including phenoxy) is 1. The molecular weight excluding hydrogens is 306 g/mol. The second kappa shape index (κ2) is 8.86. The summed E-state index contributed by atoms with van der Waals surface area (Å²) in [5.41, 5.74) is 5.01. The van der Waals surface area contributed by atoms with E-state index in [0.29, 0.717) is 17.8 Å². The van der Waals surface area contributed by atoms with Crippen LogP contribution in [0.4, 0.5) is 10.5 Å². The van der Waals surface area contributed by atoms with Crippen molar-refractivity contribution in [3.05, 3.63) is 41.6 Å². The molecule has 0 saturated heterocycles. The van der Waals surface area contributed by atoms with Crippen molar-refractivity contribution in [2.45, 2.75) is 46.6 Å². The molecule has 1 amide bonds. The number of hydrogen-bond donors (Lipinski definition) is 2. The van der Waals surface area contributed by atoms with Crippen molar-refractivity contribution in [2.75, 3.05) is 5.32 Å². The van der Waals surface area contributed by atoms with Crippen LogP contribution in [0, 0.1) is 0 Å². The Morgan fingerprint density at radius 2 is 1.88 bits per heavy atom. The molecule has 130 valence electrons. The molecular formula is C18H25N3O3. The zero-order chi connectivity index (χ0) is 18.2. The maximum atomic E-state index is 11.7. The fourth-order valence-corrected chi connectivity index (χ4v) is 1.85. The first-order valence-corrected chi connectivity index (χ1v) is 7.96. The quantitative estimate of drug-likeness (QED) is 0.825. The van der Waals surface area contributed by atoms with Crippen LogP contribution in [-0.4, -0.2) is 23.7 Å². The number of nitrogens with one attached hydrogen (secondary N) is 2. The molecule has 0 spiro atoms. The summed E-state index contributed by atoms with van der Waals surface area (Å²) >= 11 is 0. The molecule has 6 heteroatoms. The predicted octanol–water partition coefficient (Wildman–Crippen LogP) is 3.84. The van der Waals surface area contributed by atoms with E-state index in [9.17, 15) is 9.59 Å². The number of hydrazone groups is 1. The van der Waals surface area contributed by atoms with E-state index >= 15 is 0 Å². The first-order chi connectivity index (χ1) is 11.4. The smallest absolute Gasteiger partial charge is 0.412 e. The van der Waals surface area contributed by atoms with Gasteiger partial charge in [0.1, 0.15) is 5.60 Å². The highest BCUT2D eigenvalue weighted by Crippen LogP contribution is 2.15. The highest BCUT2D eigenvalue weighted by Gasteiger charge is 2.16. The van der Waals surface area contributed by atoms with Crippen LogP contribution in [0.3, 0.4) is 0 Å². The van der Waals surface area contributed by atoms with E-state index < -0.39 is 11.7 Å². The molecule has 1 aromatic rings. The van der Waals surface area contributed by atoms with Crippen molar-refractivity contribution in [2.24, 2.45) is 5.10 Å². The molecule has 1 aromatic carbocycles. The number of benzene rings is 1. The Morgan fingerprint density at radius 3 is 2.33 bits per heavy atom. The monoisotopic (exact) mass is 331 g/mol. The van der Waals surface area contributed by atoms with Gasteiger partial charge in [0.05, 0.1) is 11.4 Å². The third kappa shape index (κ3) is 6.24. The van der Waals surface area contributed by atoms with E-state index in [2.05, 4.69) is 15.8 Å². The fraction of sp³-hybridized carbons (Fsp3) is 0.389. The minimum atomic E-state index is -0.533. The number of anilines is 1. The van der Waals surface area contributed by atoms with E-state index in [4.69, 9.17) is 4.74 Å². The molecule has 0 fully saturated rings. The first-order valence-electron chi connectivity index (χ1n) is 7.96. The summed E-state index contributed by atoms with van der Waals surface area (Å²) < 4.78 is 5.19. The highest BCUT2D eigenvalue weighted by atomic mass is 16.6. The van der Waals surface area contributed by atoms with Crippen LogP contribution in [0.25, 0.3) is 0 Å². The summed E-state index contributed by atoms with van der Waals surface area (Å²) in [6.07, 6.45) is 2.60. The highest BCUT2D eigenvalue weighted by molar-refractivity contribution is 6.03. The summed E-state index contributed by atoms with van der Waals surface area (Å²) in [6, 6.07) is 7.27. The van der Waals surface area contributed by atoms with Gasteiger partial charge in [0.2, 0.25) is 0 Å². The molecule has 6 nitrogen and oxygen atoms in total. The maximum absolute atomic E-state index is 11.7. The van der Waals surface area contributed by atoms with Gasteiger partial charge in [-0.05, 0) is 44.5 Å². The minimum Gasteiger partial charge on any atom is -0.444 e. The minimum absolute atomic E-state index is 0.465. The third-order valence-corrected chi connectivity index (χ3v) is 2.83. The summed E-state index contributed by atoms with van der Waals surface area (Å²) in [6.45, 7) is 9.43. The lowest BCUT2D eigenvalue weighted by Crippen LogP contribution is -2.27. The van der Waals surface area contributed by atoms with Gasteiger partial charge in [0, 0.05) is 12.1 Å². The SMILES string of the molecule is CC.CC(C)(C)OC(=O)Nc1ccc(C2=NNC(C=O)=CC2)cc1. The Labute approximate surface area is 143 Å². The normalized spacial score (nSPS) is 13.4. The third-order valence-electron chi connectivity index (χ3n) is 2.83. The van der Waals surface area contributed by atoms with Crippen LogP contribution < -0.4 is 10.7 Å². The van der Waals surface area contributed by atoms with Crippen molar-refractivity contribution in [3.63, 3.8) is 0 Å². The topological polar surface area (TPSA) is 79.8 Å². The lowest BCUT2D eigenvalue weighted by atomic mass is 10.1. The van der Waals surface area contributed by atoms with Gasteiger partial charge in [-0.2, -0.15) is 5.10 Å². The summed E-state index contributed by atoms with van der Waals surface area (Å²) in [5, 5.41) is 6.82. The average Bonchev–Trinajstić information content (AvgIpc) is 2.56. The van der Waals surface area contributed by atoms with Gasteiger partial charge in [0.25, 0.3) is 0 Å². The maximum Gasteiger partial charge on any atom is 0.412 e. The lowest BCUT2D eigenvalue weighted by molar-refractivity contribution is -0.105. The van der Waals surface area contributed by atoms with Gasteiger partial charge < -0.3 is 4.74 Å². The molecule has 0 radical (unpaired) electrons. The van der Waals surface area contributed by atoms with E-state index in [1.54, 1.807) is 18.2 Å². The second-order valence-electron chi connectivity index (χ2n) is 5.86. The van der Waals surface area contributed by atoms with Gasteiger partial charge in [-0.1, -0.05) is 26.0 Å². The molecule has 0 aromatic heterocycles. The van der Waals surface area contributed by atoms with Gasteiger partial charge in [-0.15, -0.1) is 0 Å². The van der Waals surface area contributed by atoms with Crippen molar-refractivity contribution in [1.29, 1.82) is 0 Å².